The molecule has 4 nitrogen and oxygen atoms in total. The van der Waals surface area contributed by atoms with Crippen molar-refractivity contribution in [1.29, 1.82) is 0 Å². The van der Waals surface area contributed by atoms with Crippen molar-refractivity contribution in [1.82, 2.24) is 20.0 Å². The number of likely N-dealkylation sites (N-methyl/N-ethyl adjacent to an activating group) is 1. The molecule has 2 heterocycles. The summed E-state index contributed by atoms with van der Waals surface area (Å²) in [6.07, 6.45) is 9.65. The average Bonchev–Trinajstić information content (AvgIpc) is 3.19. The Morgan fingerprint density at radius 1 is 1.29 bits per heavy atom. The standard InChI is InChI=1S/C16H27ClN4/c1-3-18-15(14-13(17)12-19-20(14)2)16(8-4-5-9-16)21-10-6-7-11-21/h12,15,18H,3-11H2,1-2H3. The second-order valence-corrected chi connectivity index (χ2v) is 6.90. The Morgan fingerprint density at radius 2 is 1.95 bits per heavy atom. The molecule has 118 valence electrons. The molecule has 5 heteroatoms. The summed E-state index contributed by atoms with van der Waals surface area (Å²) in [5, 5.41) is 8.91. The van der Waals surface area contributed by atoms with Gasteiger partial charge in [-0.2, -0.15) is 5.10 Å². The van der Waals surface area contributed by atoms with Gasteiger partial charge in [0.25, 0.3) is 0 Å². The maximum Gasteiger partial charge on any atom is 0.0834 e. The van der Waals surface area contributed by atoms with Crippen LogP contribution in [-0.4, -0.2) is 39.9 Å². The Kier molecular flexibility index (Phi) is 4.57. The molecular formula is C16H27ClN4. The van der Waals surface area contributed by atoms with E-state index in [0.717, 1.165) is 17.3 Å². The second kappa shape index (κ2) is 6.27. The van der Waals surface area contributed by atoms with E-state index < -0.39 is 0 Å². The number of hydrogen-bond acceptors (Lipinski definition) is 3. The first-order chi connectivity index (χ1) is 10.2. The molecule has 1 aromatic rings. The van der Waals surface area contributed by atoms with Gasteiger partial charge in [-0.15, -0.1) is 0 Å². The van der Waals surface area contributed by atoms with Gasteiger partial charge < -0.3 is 5.32 Å². The van der Waals surface area contributed by atoms with Crippen LogP contribution in [0.1, 0.15) is 57.2 Å². The Balaban J connectivity index is 2.01. The Labute approximate surface area is 132 Å². The zero-order valence-electron chi connectivity index (χ0n) is 13.2. The molecule has 1 saturated heterocycles. The normalized spacial score (nSPS) is 23.8. The number of aryl methyl sites for hydroxylation is 1. The van der Waals surface area contributed by atoms with E-state index in [4.69, 9.17) is 11.6 Å². The molecule has 1 atom stereocenters. The highest BCUT2D eigenvalue weighted by molar-refractivity contribution is 6.31. The summed E-state index contributed by atoms with van der Waals surface area (Å²) in [6.45, 7) is 5.61. The predicted octanol–water partition coefficient (Wildman–Crippen LogP) is 3.13. The monoisotopic (exact) mass is 310 g/mol. The third kappa shape index (κ3) is 2.62. The van der Waals surface area contributed by atoms with E-state index in [1.165, 1.54) is 51.6 Å². The lowest BCUT2D eigenvalue weighted by Gasteiger charge is -2.45. The van der Waals surface area contributed by atoms with Crippen LogP contribution in [0, 0.1) is 0 Å². The van der Waals surface area contributed by atoms with Crippen molar-refractivity contribution in [3.63, 3.8) is 0 Å². The van der Waals surface area contributed by atoms with Crippen molar-refractivity contribution in [2.45, 2.75) is 57.0 Å². The minimum Gasteiger partial charge on any atom is -0.307 e. The summed E-state index contributed by atoms with van der Waals surface area (Å²) in [5.41, 5.74) is 1.39. The molecule has 2 fully saturated rings. The zero-order valence-corrected chi connectivity index (χ0v) is 14.0. The van der Waals surface area contributed by atoms with Crippen molar-refractivity contribution in [3.05, 3.63) is 16.9 Å². The minimum absolute atomic E-state index is 0.226. The van der Waals surface area contributed by atoms with Gasteiger partial charge in [-0.3, -0.25) is 9.58 Å². The van der Waals surface area contributed by atoms with Crippen molar-refractivity contribution in [2.24, 2.45) is 7.05 Å². The van der Waals surface area contributed by atoms with Gasteiger partial charge in [0.15, 0.2) is 0 Å². The lowest BCUT2D eigenvalue weighted by Crippen LogP contribution is -2.54. The molecule has 21 heavy (non-hydrogen) atoms. The van der Waals surface area contributed by atoms with Crippen LogP contribution in [-0.2, 0) is 7.05 Å². The van der Waals surface area contributed by atoms with E-state index >= 15 is 0 Å². The largest absolute Gasteiger partial charge is 0.307 e. The molecule has 1 N–H and O–H groups in total. The predicted molar refractivity (Wildman–Crippen MR) is 86.6 cm³/mol. The molecule has 0 aromatic carbocycles. The summed E-state index contributed by atoms with van der Waals surface area (Å²) in [5.74, 6) is 0. The van der Waals surface area contributed by atoms with Crippen LogP contribution >= 0.6 is 11.6 Å². The fourth-order valence-corrected chi connectivity index (χ4v) is 4.70. The molecule has 3 rings (SSSR count). The highest BCUT2D eigenvalue weighted by Gasteiger charge is 2.48. The molecule has 1 aromatic heterocycles. The molecule has 2 aliphatic rings. The molecular weight excluding hydrogens is 284 g/mol. The lowest BCUT2D eigenvalue weighted by atomic mass is 9.84. The summed E-state index contributed by atoms with van der Waals surface area (Å²) >= 11 is 6.48. The molecule has 0 spiro atoms. The van der Waals surface area contributed by atoms with E-state index in [0.29, 0.717) is 0 Å². The Morgan fingerprint density at radius 3 is 2.48 bits per heavy atom. The summed E-state index contributed by atoms with van der Waals surface area (Å²) in [4.78, 5) is 2.73. The van der Waals surface area contributed by atoms with Gasteiger partial charge in [-0.25, -0.2) is 0 Å². The van der Waals surface area contributed by atoms with Gasteiger partial charge in [0.05, 0.1) is 23.0 Å². The van der Waals surface area contributed by atoms with Gasteiger partial charge in [0.1, 0.15) is 0 Å². The molecule has 0 amide bonds. The van der Waals surface area contributed by atoms with Crippen LogP contribution in [0.5, 0.6) is 0 Å². The molecule has 1 aliphatic carbocycles. The molecule has 1 saturated carbocycles. The smallest absolute Gasteiger partial charge is 0.0834 e. The third-order valence-electron chi connectivity index (χ3n) is 5.36. The molecule has 0 radical (unpaired) electrons. The topological polar surface area (TPSA) is 33.1 Å². The molecule has 1 unspecified atom stereocenters. The van der Waals surface area contributed by atoms with Crippen molar-refractivity contribution in [3.8, 4) is 0 Å². The fourth-order valence-electron chi connectivity index (χ4n) is 4.43. The quantitative estimate of drug-likeness (QED) is 0.907. The number of hydrogen-bond donors (Lipinski definition) is 1. The van der Waals surface area contributed by atoms with Gasteiger partial charge in [0, 0.05) is 12.6 Å². The number of nitrogens with one attached hydrogen (secondary N) is 1. The van der Waals surface area contributed by atoms with Crippen LogP contribution in [0.3, 0.4) is 0 Å². The molecule has 1 aliphatic heterocycles. The second-order valence-electron chi connectivity index (χ2n) is 6.50. The summed E-state index contributed by atoms with van der Waals surface area (Å²) < 4.78 is 1.96. The fraction of sp³-hybridized carbons (Fsp3) is 0.812. The van der Waals surface area contributed by atoms with Crippen molar-refractivity contribution < 1.29 is 0 Å². The van der Waals surface area contributed by atoms with E-state index in [9.17, 15) is 0 Å². The first-order valence-corrected chi connectivity index (χ1v) is 8.72. The van der Waals surface area contributed by atoms with E-state index in [1.54, 1.807) is 6.20 Å². The van der Waals surface area contributed by atoms with Crippen LogP contribution < -0.4 is 5.32 Å². The Bertz CT molecular complexity index is 453. The Hall–Kier alpha value is -0.580. The maximum absolute atomic E-state index is 6.48. The first-order valence-electron chi connectivity index (χ1n) is 8.35. The lowest BCUT2D eigenvalue weighted by molar-refractivity contribution is 0.0738. The highest BCUT2D eigenvalue weighted by atomic mass is 35.5. The van der Waals surface area contributed by atoms with Crippen molar-refractivity contribution in [2.75, 3.05) is 19.6 Å². The summed E-state index contributed by atoms with van der Waals surface area (Å²) in [6, 6.07) is 0.281. The summed E-state index contributed by atoms with van der Waals surface area (Å²) in [7, 11) is 2.01. The third-order valence-corrected chi connectivity index (χ3v) is 5.65. The number of nitrogens with zero attached hydrogens (tertiary/aromatic N) is 3. The SMILES string of the molecule is CCNC(c1c(Cl)cnn1C)C1(N2CCCC2)CCCC1. The van der Waals surface area contributed by atoms with Crippen LogP contribution in [0.2, 0.25) is 5.02 Å². The number of halogens is 1. The van der Waals surface area contributed by atoms with Gasteiger partial charge in [-0.1, -0.05) is 31.4 Å². The van der Waals surface area contributed by atoms with Crippen LogP contribution in [0.4, 0.5) is 0 Å². The van der Waals surface area contributed by atoms with E-state index in [1.807, 2.05) is 11.7 Å². The van der Waals surface area contributed by atoms with Crippen LogP contribution in [0.25, 0.3) is 0 Å². The zero-order chi connectivity index (χ0) is 14.9. The molecule has 0 bridgehead atoms. The van der Waals surface area contributed by atoms with Gasteiger partial charge in [0.2, 0.25) is 0 Å². The highest BCUT2D eigenvalue weighted by Crippen LogP contribution is 2.47. The van der Waals surface area contributed by atoms with Crippen molar-refractivity contribution >= 4 is 11.6 Å². The first kappa shape index (κ1) is 15.3. The minimum atomic E-state index is 0.226. The van der Waals surface area contributed by atoms with Gasteiger partial charge in [-0.05, 0) is 45.3 Å². The van der Waals surface area contributed by atoms with E-state index in [2.05, 4.69) is 22.2 Å². The maximum atomic E-state index is 6.48. The van der Waals surface area contributed by atoms with Gasteiger partial charge >= 0.3 is 0 Å². The van der Waals surface area contributed by atoms with E-state index in [-0.39, 0.29) is 11.6 Å². The number of aromatic nitrogens is 2. The number of likely N-dealkylation sites (tertiary alicyclic amines) is 1. The number of rotatable bonds is 5. The van der Waals surface area contributed by atoms with Crippen LogP contribution in [0.15, 0.2) is 6.20 Å². The average molecular weight is 311 g/mol.